The van der Waals surface area contributed by atoms with Gasteiger partial charge in [-0.15, -0.1) is 11.3 Å². The van der Waals surface area contributed by atoms with Gasteiger partial charge < -0.3 is 19.3 Å². The van der Waals surface area contributed by atoms with Crippen molar-refractivity contribution >= 4 is 60.7 Å². The van der Waals surface area contributed by atoms with E-state index in [0.717, 1.165) is 41.0 Å². The summed E-state index contributed by atoms with van der Waals surface area (Å²) in [5, 5.41) is 4.62. The molecule has 1 aromatic carbocycles. The van der Waals surface area contributed by atoms with E-state index >= 15 is 0 Å². The Morgan fingerprint density at radius 3 is 2.84 bits per heavy atom. The van der Waals surface area contributed by atoms with Crippen molar-refractivity contribution in [2.45, 2.75) is 45.3 Å². The predicted octanol–water partition coefficient (Wildman–Crippen LogP) is 4.72. The summed E-state index contributed by atoms with van der Waals surface area (Å²) in [5.41, 5.74) is 3.50. The zero-order chi connectivity index (χ0) is 21.8. The van der Waals surface area contributed by atoms with E-state index in [1.54, 1.807) is 29.2 Å². The molecule has 3 aromatic heterocycles. The first-order valence-corrected chi connectivity index (χ1v) is 12.7. The molecule has 166 valence electrons. The summed E-state index contributed by atoms with van der Waals surface area (Å²) in [4.78, 5) is 26.7. The maximum Gasteiger partial charge on any atom is 0.226 e. The van der Waals surface area contributed by atoms with Crippen molar-refractivity contribution in [3.8, 4) is 0 Å². The van der Waals surface area contributed by atoms with Gasteiger partial charge in [0.1, 0.15) is 17.0 Å². The zero-order valence-corrected chi connectivity index (χ0v) is 19.7. The smallest absolute Gasteiger partial charge is 0.226 e. The van der Waals surface area contributed by atoms with Crippen LogP contribution in [0.2, 0.25) is 0 Å². The Kier molecular flexibility index (Phi) is 4.93. The number of thiophene rings is 1. The minimum Gasteiger partial charge on any atom is -0.372 e. The van der Waals surface area contributed by atoms with E-state index in [0.29, 0.717) is 13.1 Å². The standard InChI is InChI=1S/C23H25N5O2S2/c1-12-9-28(10-13(2)30-12)23(29)14-3-5-16-18(7-14)31-22-20(16)21(24-11-25-22)26-15-4-6-17-19(8-15)32-27-17/h4,6,8,11-14,27H,3,5,7,9-10H2,1-2H3,(H,24,25,26)/t12-,13-,14-/m0/s1. The minimum absolute atomic E-state index is 0.0370. The van der Waals surface area contributed by atoms with Crippen LogP contribution in [0.4, 0.5) is 11.5 Å². The quantitative estimate of drug-likeness (QED) is 0.456. The molecular formula is C23H25N5O2S2. The number of rotatable bonds is 3. The lowest BCUT2D eigenvalue weighted by Crippen LogP contribution is -2.50. The van der Waals surface area contributed by atoms with Crippen LogP contribution in [0.25, 0.3) is 20.4 Å². The fourth-order valence-electron chi connectivity index (χ4n) is 5.00. The number of hydrogen-bond acceptors (Lipinski definition) is 7. The number of anilines is 2. The Morgan fingerprint density at radius 2 is 2.09 bits per heavy atom. The molecule has 1 aliphatic carbocycles. The number of carbonyl (C=O) groups is 1. The maximum atomic E-state index is 13.3. The summed E-state index contributed by atoms with van der Waals surface area (Å²) in [6.07, 6.45) is 4.36. The highest BCUT2D eigenvalue weighted by Gasteiger charge is 2.34. The molecular weight excluding hydrogens is 442 g/mol. The van der Waals surface area contributed by atoms with Crippen molar-refractivity contribution in [1.29, 1.82) is 0 Å². The maximum absolute atomic E-state index is 13.3. The third-order valence-electron chi connectivity index (χ3n) is 6.44. The molecule has 0 unspecified atom stereocenters. The molecule has 1 fully saturated rings. The molecule has 2 N–H and O–H groups in total. The average Bonchev–Trinajstić information content (AvgIpc) is 3.13. The molecule has 7 nitrogen and oxygen atoms in total. The normalized spacial score (nSPS) is 23.6. The molecule has 1 saturated heterocycles. The number of benzene rings is 1. The van der Waals surface area contributed by atoms with Gasteiger partial charge in [-0.3, -0.25) is 4.79 Å². The molecule has 1 aliphatic heterocycles. The van der Waals surface area contributed by atoms with E-state index in [1.165, 1.54) is 20.7 Å². The summed E-state index contributed by atoms with van der Waals surface area (Å²) < 4.78 is 10.3. The third-order valence-corrected chi connectivity index (χ3v) is 8.48. The van der Waals surface area contributed by atoms with Gasteiger partial charge in [0.05, 0.1) is 27.8 Å². The highest BCUT2D eigenvalue weighted by Crippen LogP contribution is 2.41. The fraction of sp³-hybridized carbons (Fsp3) is 0.435. The van der Waals surface area contributed by atoms with Gasteiger partial charge in [0.15, 0.2) is 0 Å². The Balaban J connectivity index is 1.27. The molecule has 4 heterocycles. The van der Waals surface area contributed by atoms with Crippen LogP contribution in [-0.2, 0) is 22.4 Å². The van der Waals surface area contributed by atoms with Crippen molar-refractivity contribution < 1.29 is 9.53 Å². The number of nitrogens with zero attached hydrogens (tertiary/aromatic N) is 3. The monoisotopic (exact) mass is 467 g/mol. The van der Waals surface area contributed by atoms with Gasteiger partial charge >= 0.3 is 0 Å². The second-order valence-electron chi connectivity index (χ2n) is 8.89. The van der Waals surface area contributed by atoms with Crippen LogP contribution in [0.5, 0.6) is 0 Å². The molecule has 3 atom stereocenters. The van der Waals surface area contributed by atoms with Gasteiger partial charge in [-0.2, -0.15) is 0 Å². The Hall–Kier alpha value is -2.49. The Morgan fingerprint density at radius 1 is 1.25 bits per heavy atom. The number of carbonyl (C=O) groups excluding carboxylic acids is 1. The zero-order valence-electron chi connectivity index (χ0n) is 18.1. The van der Waals surface area contributed by atoms with Crippen molar-refractivity contribution in [3.63, 3.8) is 0 Å². The number of aromatic nitrogens is 3. The first kappa shape index (κ1) is 20.1. The van der Waals surface area contributed by atoms with E-state index in [9.17, 15) is 4.79 Å². The summed E-state index contributed by atoms with van der Waals surface area (Å²) in [7, 11) is 0. The number of aryl methyl sites for hydroxylation is 1. The van der Waals surface area contributed by atoms with Crippen LogP contribution < -0.4 is 5.32 Å². The molecule has 9 heteroatoms. The summed E-state index contributed by atoms with van der Waals surface area (Å²) in [5.74, 6) is 1.16. The topological polar surface area (TPSA) is 83.1 Å². The average molecular weight is 468 g/mol. The van der Waals surface area contributed by atoms with Crippen LogP contribution in [0.1, 0.15) is 30.7 Å². The number of morpholine rings is 1. The second-order valence-corrected chi connectivity index (χ2v) is 10.8. The molecule has 0 spiro atoms. The van der Waals surface area contributed by atoms with Crippen molar-refractivity contribution in [3.05, 3.63) is 35.0 Å². The van der Waals surface area contributed by atoms with Crippen LogP contribution in [0, 0.1) is 5.92 Å². The number of aromatic amines is 1. The van der Waals surface area contributed by atoms with Gasteiger partial charge in [0.2, 0.25) is 5.91 Å². The van der Waals surface area contributed by atoms with Gasteiger partial charge in [-0.25, -0.2) is 9.97 Å². The highest BCUT2D eigenvalue weighted by molar-refractivity contribution is 7.19. The lowest BCUT2D eigenvalue weighted by Gasteiger charge is -2.37. The van der Waals surface area contributed by atoms with Crippen molar-refractivity contribution in [1.82, 2.24) is 19.2 Å². The number of nitrogens with one attached hydrogen (secondary N) is 2. The molecule has 2 aliphatic rings. The second kappa shape index (κ2) is 7.83. The number of amides is 1. The lowest BCUT2D eigenvalue weighted by atomic mass is 9.86. The van der Waals surface area contributed by atoms with Crippen molar-refractivity contribution in [2.75, 3.05) is 18.4 Å². The molecule has 0 radical (unpaired) electrons. The highest BCUT2D eigenvalue weighted by atomic mass is 32.1. The van der Waals surface area contributed by atoms with E-state index in [4.69, 9.17) is 4.74 Å². The first-order valence-electron chi connectivity index (χ1n) is 11.1. The van der Waals surface area contributed by atoms with E-state index in [1.807, 2.05) is 18.7 Å². The third kappa shape index (κ3) is 3.48. The van der Waals surface area contributed by atoms with Gasteiger partial charge in [0.25, 0.3) is 0 Å². The molecule has 0 bridgehead atoms. The summed E-state index contributed by atoms with van der Waals surface area (Å²) in [6.45, 7) is 5.46. The van der Waals surface area contributed by atoms with E-state index in [-0.39, 0.29) is 24.0 Å². The Labute approximate surface area is 194 Å². The van der Waals surface area contributed by atoms with Crippen LogP contribution >= 0.6 is 22.9 Å². The van der Waals surface area contributed by atoms with Crippen LogP contribution in [0.3, 0.4) is 0 Å². The van der Waals surface area contributed by atoms with Gasteiger partial charge in [-0.05, 0) is 56.9 Å². The van der Waals surface area contributed by atoms with Gasteiger partial charge in [0, 0.05) is 29.6 Å². The molecule has 6 rings (SSSR count). The van der Waals surface area contributed by atoms with Crippen LogP contribution in [-0.4, -0.2) is 50.4 Å². The largest absolute Gasteiger partial charge is 0.372 e. The summed E-state index contributed by atoms with van der Waals surface area (Å²) in [6, 6.07) is 6.29. The number of hydrogen-bond donors (Lipinski definition) is 2. The lowest BCUT2D eigenvalue weighted by molar-refractivity contribution is -0.147. The van der Waals surface area contributed by atoms with Crippen LogP contribution in [0.15, 0.2) is 24.5 Å². The molecule has 1 amide bonds. The number of ether oxygens (including phenoxy) is 1. The predicted molar refractivity (Wildman–Crippen MR) is 129 cm³/mol. The molecule has 0 saturated carbocycles. The minimum atomic E-state index is 0.0370. The first-order chi connectivity index (χ1) is 15.5. The van der Waals surface area contributed by atoms with E-state index < -0.39 is 0 Å². The summed E-state index contributed by atoms with van der Waals surface area (Å²) >= 11 is 3.34. The molecule has 4 aromatic rings. The fourth-order valence-corrected chi connectivity index (χ4v) is 6.93. The molecule has 32 heavy (non-hydrogen) atoms. The van der Waals surface area contributed by atoms with Crippen molar-refractivity contribution in [2.24, 2.45) is 5.92 Å². The van der Waals surface area contributed by atoms with Gasteiger partial charge in [-0.1, -0.05) is 11.5 Å². The number of H-pyrrole nitrogens is 1. The number of fused-ring (bicyclic) bond motifs is 4. The van der Waals surface area contributed by atoms with E-state index in [2.05, 4.69) is 37.9 Å². The Bertz CT molecular complexity index is 1300. The SMILES string of the molecule is C[C@H]1CN(C(=O)[C@H]2CCc3c(sc4ncnc(Nc5ccc6[nH]sc6c5)c34)C2)C[C@H](C)O1.